The van der Waals surface area contributed by atoms with Gasteiger partial charge < -0.3 is 15.2 Å². The molecule has 4 nitrogen and oxygen atoms in total. The van der Waals surface area contributed by atoms with Gasteiger partial charge in [0.05, 0.1) is 12.6 Å². The number of carbonyl (C=O) groups is 1. The van der Waals surface area contributed by atoms with E-state index in [9.17, 15) is 4.79 Å². The molecule has 0 spiro atoms. The summed E-state index contributed by atoms with van der Waals surface area (Å²) < 4.78 is 5.58. The Bertz CT molecular complexity index is 826. The molecule has 0 fully saturated rings. The molecule has 1 unspecified atom stereocenters. The lowest BCUT2D eigenvalue weighted by Gasteiger charge is -2.27. The number of ether oxygens (including phenoxy) is 1. The number of carboxylic acid groups (broad SMARTS) is 1. The molecule has 2 aliphatic rings. The van der Waals surface area contributed by atoms with Gasteiger partial charge in [0.25, 0.3) is 0 Å². The van der Waals surface area contributed by atoms with Gasteiger partial charge >= 0.3 is 6.09 Å². The normalized spacial score (nSPS) is 20.2. The summed E-state index contributed by atoms with van der Waals surface area (Å²) >= 11 is 0. The third-order valence-electron chi connectivity index (χ3n) is 5.17. The van der Waals surface area contributed by atoms with E-state index in [0.717, 1.165) is 30.8 Å². The maximum Gasteiger partial charge on any atom is 0.405 e. The number of hydrogen-bond acceptors (Lipinski definition) is 2. The monoisotopic (exact) mass is 323 g/mol. The van der Waals surface area contributed by atoms with Crippen LogP contribution in [0.15, 0.2) is 36.4 Å². The number of rotatable bonds is 2. The largest absolute Gasteiger partial charge is 0.493 e. The predicted octanol–water partition coefficient (Wildman–Crippen LogP) is 4.18. The quantitative estimate of drug-likeness (QED) is 0.871. The van der Waals surface area contributed by atoms with Crippen LogP contribution in [0.25, 0.3) is 11.1 Å². The smallest absolute Gasteiger partial charge is 0.405 e. The van der Waals surface area contributed by atoms with Crippen LogP contribution in [0.4, 0.5) is 4.79 Å². The molecule has 1 heterocycles. The van der Waals surface area contributed by atoms with E-state index in [0.29, 0.717) is 0 Å². The minimum atomic E-state index is -0.969. The van der Waals surface area contributed by atoms with Crippen molar-refractivity contribution in [2.75, 3.05) is 6.61 Å². The minimum Gasteiger partial charge on any atom is -0.493 e. The summed E-state index contributed by atoms with van der Waals surface area (Å²) in [4.78, 5) is 11.1. The van der Waals surface area contributed by atoms with Crippen molar-refractivity contribution in [3.63, 3.8) is 0 Å². The van der Waals surface area contributed by atoms with Crippen molar-refractivity contribution in [2.24, 2.45) is 5.41 Å². The average Bonchev–Trinajstić information content (AvgIpc) is 3.08. The Morgan fingerprint density at radius 1 is 1.17 bits per heavy atom. The molecule has 4 heteroatoms. The van der Waals surface area contributed by atoms with E-state index in [1.54, 1.807) is 0 Å². The number of hydrogen-bond donors (Lipinski definition) is 2. The molecule has 24 heavy (non-hydrogen) atoms. The molecular formula is C20H21NO3. The van der Waals surface area contributed by atoms with Gasteiger partial charge in [-0.2, -0.15) is 0 Å². The van der Waals surface area contributed by atoms with Crippen LogP contribution < -0.4 is 10.1 Å². The number of nitrogens with one attached hydrogen (secondary N) is 1. The molecule has 2 aromatic rings. The molecule has 4 rings (SSSR count). The standard InChI is InChI=1S/C20H21NO3/c1-20(2)11-15-10-12(3-5-16(15)18(20)21-19(22)23)13-4-6-17-14(9-13)7-8-24-17/h3-6,9-10,18,21H,7-8,11H2,1-2H3,(H,22,23). The zero-order chi connectivity index (χ0) is 16.9. The Hall–Kier alpha value is -2.49. The second-order valence-corrected chi connectivity index (χ2v) is 7.38. The zero-order valence-corrected chi connectivity index (χ0v) is 13.9. The van der Waals surface area contributed by atoms with Crippen molar-refractivity contribution in [2.45, 2.75) is 32.7 Å². The van der Waals surface area contributed by atoms with Crippen molar-refractivity contribution in [3.05, 3.63) is 53.1 Å². The third-order valence-corrected chi connectivity index (χ3v) is 5.17. The maximum absolute atomic E-state index is 11.1. The van der Waals surface area contributed by atoms with Crippen LogP contribution in [0.3, 0.4) is 0 Å². The van der Waals surface area contributed by atoms with Gasteiger partial charge in [-0.1, -0.05) is 38.1 Å². The Labute approximate surface area is 141 Å². The summed E-state index contributed by atoms with van der Waals surface area (Å²) in [6.45, 7) is 4.99. The Morgan fingerprint density at radius 3 is 2.62 bits per heavy atom. The van der Waals surface area contributed by atoms with E-state index >= 15 is 0 Å². The molecule has 2 aromatic carbocycles. The summed E-state index contributed by atoms with van der Waals surface area (Å²) in [6, 6.07) is 12.6. The van der Waals surface area contributed by atoms with E-state index in [1.165, 1.54) is 22.3 Å². The van der Waals surface area contributed by atoms with Crippen molar-refractivity contribution < 1.29 is 14.6 Å². The fourth-order valence-corrected chi connectivity index (χ4v) is 4.00. The van der Waals surface area contributed by atoms with Gasteiger partial charge in [0.2, 0.25) is 0 Å². The van der Waals surface area contributed by atoms with Gasteiger partial charge in [0.1, 0.15) is 5.75 Å². The van der Waals surface area contributed by atoms with E-state index in [2.05, 4.69) is 49.5 Å². The molecule has 0 radical (unpaired) electrons. The van der Waals surface area contributed by atoms with Crippen LogP contribution in [0.1, 0.15) is 36.6 Å². The fourth-order valence-electron chi connectivity index (χ4n) is 4.00. The average molecular weight is 323 g/mol. The molecule has 1 atom stereocenters. The zero-order valence-electron chi connectivity index (χ0n) is 13.9. The van der Waals surface area contributed by atoms with Gasteiger partial charge in [-0.3, -0.25) is 0 Å². The molecule has 0 bridgehead atoms. The lowest BCUT2D eigenvalue weighted by molar-refractivity contribution is 0.175. The second kappa shape index (κ2) is 5.26. The molecule has 1 aliphatic heterocycles. The highest BCUT2D eigenvalue weighted by Crippen LogP contribution is 2.46. The first-order valence-electron chi connectivity index (χ1n) is 8.32. The highest BCUT2D eigenvalue weighted by atomic mass is 16.5. The molecule has 1 aliphatic carbocycles. The Balaban J connectivity index is 1.71. The van der Waals surface area contributed by atoms with Crippen molar-refractivity contribution in [3.8, 4) is 16.9 Å². The first-order chi connectivity index (χ1) is 11.4. The summed E-state index contributed by atoms with van der Waals surface area (Å²) in [5.41, 5.74) is 5.83. The highest BCUT2D eigenvalue weighted by molar-refractivity contribution is 5.69. The topological polar surface area (TPSA) is 58.6 Å². The third kappa shape index (κ3) is 2.42. The predicted molar refractivity (Wildman–Crippen MR) is 92.5 cm³/mol. The van der Waals surface area contributed by atoms with Crippen LogP contribution in [0.2, 0.25) is 0 Å². The van der Waals surface area contributed by atoms with Gasteiger partial charge in [0, 0.05) is 6.42 Å². The molecule has 0 aromatic heterocycles. The molecule has 0 saturated carbocycles. The Kier molecular flexibility index (Phi) is 3.30. The number of fused-ring (bicyclic) bond motifs is 2. The molecular weight excluding hydrogens is 302 g/mol. The summed E-state index contributed by atoms with van der Waals surface area (Å²) in [5.74, 6) is 0.992. The summed E-state index contributed by atoms with van der Waals surface area (Å²) in [6.07, 6.45) is 0.865. The maximum atomic E-state index is 11.1. The van der Waals surface area contributed by atoms with Crippen molar-refractivity contribution in [1.29, 1.82) is 0 Å². The van der Waals surface area contributed by atoms with Gasteiger partial charge in [-0.05, 0) is 51.8 Å². The minimum absolute atomic E-state index is 0.120. The second-order valence-electron chi connectivity index (χ2n) is 7.38. The van der Waals surface area contributed by atoms with Crippen LogP contribution in [0.5, 0.6) is 5.75 Å². The lowest BCUT2D eigenvalue weighted by atomic mass is 9.85. The highest BCUT2D eigenvalue weighted by Gasteiger charge is 2.40. The summed E-state index contributed by atoms with van der Waals surface area (Å²) in [7, 11) is 0. The van der Waals surface area contributed by atoms with Gasteiger partial charge in [-0.15, -0.1) is 0 Å². The van der Waals surface area contributed by atoms with Crippen LogP contribution in [0, 0.1) is 5.41 Å². The SMILES string of the molecule is CC1(C)Cc2cc(-c3ccc4c(c3)CCO4)ccc2C1NC(=O)O. The lowest BCUT2D eigenvalue weighted by Crippen LogP contribution is -2.34. The van der Waals surface area contributed by atoms with Crippen LogP contribution >= 0.6 is 0 Å². The molecule has 1 amide bonds. The van der Waals surface area contributed by atoms with E-state index in [1.807, 2.05) is 6.07 Å². The number of amides is 1. The van der Waals surface area contributed by atoms with Crippen molar-refractivity contribution in [1.82, 2.24) is 5.32 Å². The van der Waals surface area contributed by atoms with E-state index in [-0.39, 0.29) is 11.5 Å². The fraction of sp³-hybridized carbons (Fsp3) is 0.350. The summed E-state index contributed by atoms with van der Waals surface area (Å²) in [5, 5.41) is 11.8. The van der Waals surface area contributed by atoms with E-state index in [4.69, 9.17) is 9.84 Å². The molecule has 2 N–H and O–H groups in total. The first kappa shape index (κ1) is 15.1. The van der Waals surface area contributed by atoms with Gasteiger partial charge in [0.15, 0.2) is 0 Å². The molecule has 124 valence electrons. The number of benzene rings is 2. The Morgan fingerprint density at radius 2 is 1.88 bits per heavy atom. The first-order valence-corrected chi connectivity index (χ1v) is 8.32. The molecule has 0 saturated heterocycles. The van der Waals surface area contributed by atoms with E-state index < -0.39 is 6.09 Å². The van der Waals surface area contributed by atoms with Crippen LogP contribution in [-0.2, 0) is 12.8 Å². The van der Waals surface area contributed by atoms with Crippen LogP contribution in [-0.4, -0.2) is 17.8 Å². The van der Waals surface area contributed by atoms with Gasteiger partial charge in [-0.25, -0.2) is 4.79 Å². The van der Waals surface area contributed by atoms with Crippen molar-refractivity contribution >= 4 is 6.09 Å².